The van der Waals surface area contributed by atoms with Crippen molar-refractivity contribution in [3.63, 3.8) is 0 Å². The molecule has 0 bridgehead atoms. The van der Waals surface area contributed by atoms with Gasteiger partial charge in [0.1, 0.15) is 5.76 Å². The standard InChI is InChI=1S/C7H9N3O3S/c1-6-4-7(10-13-6)5-9-14(11,12)3-2-8/h4,9H,3,5H2,1H3. The Morgan fingerprint density at radius 2 is 2.43 bits per heavy atom. The van der Waals surface area contributed by atoms with Crippen LogP contribution in [0.15, 0.2) is 10.6 Å². The molecular formula is C7H9N3O3S. The van der Waals surface area contributed by atoms with Crippen molar-refractivity contribution in [2.45, 2.75) is 13.5 Å². The minimum absolute atomic E-state index is 0.0430. The summed E-state index contributed by atoms with van der Waals surface area (Å²) in [5, 5.41) is 11.8. The minimum Gasteiger partial charge on any atom is -0.361 e. The summed E-state index contributed by atoms with van der Waals surface area (Å²) in [6.07, 6.45) is 0. The summed E-state index contributed by atoms with van der Waals surface area (Å²) in [7, 11) is -3.51. The van der Waals surface area contributed by atoms with Crippen LogP contribution in [-0.2, 0) is 16.6 Å². The van der Waals surface area contributed by atoms with Crippen LogP contribution >= 0.6 is 0 Å². The molecule has 1 heterocycles. The van der Waals surface area contributed by atoms with Gasteiger partial charge in [0, 0.05) is 6.07 Å². The molecule has 1 N–H and O–H groups in total. The lowest BCUT2D eigenvalue weighted by atomic mass is 10.4. The second-order valence-electron chi connectivity index (χ2n) is 2.67. The Kier molecular flexibility index (Phi) is 3.22. The number of hydrogen-bond donors (Lipinski definition) is 1. The van der Waals surface area contributed by atoms with Crippen LogP contribution in [-0.4, -0.2) is 19.3 Å². The number of sulfonamides is 1. The Morgan fingerprint density at radius 3 is 2.93 bits per heavy atom. The predicted octanol–water partition coefficient (Wildman–Crippen LogP) is -0.0740. The number of hydrogen-bond acceptors (Lipinski definition) is 5. The molecule has 0 aliphatic heterocycles. The molecule has 0 unspecified atom stereocenters. The van der Waals surface area contributed by atoms with Crippen molar-refractivity contribution in [2.75, 3.05) is 5.75 Å². The monoisotopic (exact) mass is 215 g/mol. The van der Waals surface area contributed by atoms with E-state index >= 15 is 0 Å². The van der Waals surface area contributed by atoms with Crippen molar-refractivity contribution in [3.8, 4) is 6.07 Å². The summed E-state index contributed by atoms with van der Waals surface area (Å²) in [6, 6.07) is 3.18. The van der Waals surface area contributed by atoms with Crippen LogP contribution in [0.3, 0.4) is 0 Å². The van der Waals surface area contributed by atoms with Gasteiger partial charge in [0.15, 0.2) is 5.75 Å². The SMILES string of the molecule is Cc1cc(CNS(=O)(=O)CC#N)no1. The lowest BCUT2D eigenvalue weighted by Gasteiger charge is -1.98. The van der Waals surface area contributed by atoms with Gasteiger partial charge < -0.3 is 4.52 Å². The highest BCUT2D eigenvalue weighted by Gasteiger charge is 2.10. The maximum atomic E-state index is 11.0. The molecule has 0 saturated carbocycles. The van der Waals surface area contributed by atoms with E-state index in [1.54, 1.807) is 19.1 Å². The van der Waals surface area contributed by atoms with E-state index in [0.29, 0.717) is 11.5 Å². The minimum atomic E-state index is -3.51. The first kappa shape index (κ1) is 10.7. The van der Waals surface area contributed by atoms with E-state index in [2.05, 4.69) is 9.88 Å². The first-order valence-corrected chi connectivity index (χ1v) is 5.45. The third kappa shape index (κ3) is 3.16. The molecule has 0 amide bonds. The van der Waals surface area contributed by atoms with Crippen molar-refractivity contribution < 1.29 is 12.9 Å². The quantitative estimate of drug-likeness (QED) is 0.758. The van der Waals surface area contributed by atoms with Gasteiger partial charge in [-0.2, -0.15) is 5.26 Å². The summed E-state index contributed by atoms with van der Waals surface area (Å²) in [6.45, 7) is 1.75. The fourth-order valence-electron chi connectivity index (χ4n) is 0.821. The van der Waals surface area contributed by atoms with Crippen LogP contribution in [0.5, 0.6) is 0 Å². The van der Waals surface area contributed by atoms with Gasteiger partial charge in [-0.1, -0.05) is 5.16 Å². The van der Waals surface area contributed by atoms with Gasteiger partial charge >= 0.3 is 0 Å². The molecule has 0 saturated heterocycles. The van der Waals surface area contributed by atoms with Crippen molar-refractivity contribution in [1.29, 1.82) is 5.26 Å². The van der Waals surface area contributed by atoms with Crippen molar-refractivity contribution in [2.24, 2.45) is 0 Å². The van der Waals surface area contributed by atoms with Crippen LogP contribution < -0.4 is 4.72 Å². The molecule has 0 atom stereocenters. The summed E-state index contributed by atoms with van der Waals surface area (Å²) >= 11 is 0. The molecule has 0 spiro atoms. The number of rotatable bonds is 4. The first-order valence-electron chi connectivity index (χ1n) is 3.80. The van der Waals surface area contributed by atoms with Crippen LogP contribution in [0.2, 0.25) is 0 Å². The van der Waals surface area contributed by atoms with Gasteiger partial charge in [-0.05, 0) is 6.92 Å². The summed E-state index contributed by atoms with van der Waals surface area (Å²) < 4.78 is 29.0. The van der Waals surface area contributed by atoms with Crippen LogP contribution in [0.25, 0.3) is 0 Å². The average Bonchev–Trinajstić information content (AvgIpc) is 2.48. The Labute approximate surface area is 81.6 Å². The van der Waals surface area contributed by atoms with E-state index in [1.165, 1.54) is 0 Å². The van der Waals surface area contributed by atoms with E-state index in [9.17, 15) is 8.42 Å². The van der Waals surface area contributed by atoms with Gasteiger partial charge in [0.05, 0.1) is 18.3 Å². The highest BCUT2D eigenvalue weighted by atomic mass is 32.2. The van der Waals surface area contributed by atoms with Gasteiger partial charge in [-0.3, -0.25) is 0 Å². The molecule has 0 aliphatic rings. The molecule has 1 rings (SSSR count). The third-order valence-corrected chi connectivity index (χ3v) is 2.50. The number of aryl methyl sites for hydroxylation is 1. The zero-order valence-electron chi connectivity index (χ0n) is 7.52. The number of nitrogens with one attached hydrogen (secondary N) is 1. The molecule has 0 aliphatic carbocycles. The van der Waals surface area contributed by atoms with Crippen LogP contribution in [0.1, 0.15) is 11.5 Å². The summed E-state index contributed by atoms with van der Waals surface area (Å²) in [5.74, 6) is 0.0589. The van der Waals surface area contributed by atoms with E-state index in [-0.39, 0.29) is 6.54 Å². The Bertz CT molecular complexity index is 443. The van der Waals surface area contributed by atoms with Crippen LogP contribution in [0.4, 0.5) is 0 Å². The van der Waals surface area contributed by atoms with E-state index in [4.69, 9.17) is 9.78 Å². The summed E-state index contributed by atoms with van der Waals surface area (Å²) in [4.78, 5) is 0. The Balaban J connectivity index is 2.54. The zero-order chi connectivity index (χ0) is 10.6. The maximum Gasteiger partial charge on any atom is 0.225 e. The van der Waals surface area contributed by atoms with Crippen molar-refractivity contribution >= 4 is 10.0 Å². The fraction of sp³-hybridized carbons (Fsp3) is 0.429. The average molecular weight is 215 g/mol. The van der Waals surface area contributed by atoms with E-state index in [1.807, 2.05) is 0 Å². The highest BCUT2D eigenvalue weighted by molar-refractivity contribution is 7.89. The van der Waals surface area contributed by atoms with Gasteiger partial charge in [0.25, 0.3) is 0 Å². The van der Waals surface area contributed by atoms with Crippen LogP contribution in [0, 0.1) is 18.3 Å². The molecule has 0 radical (unpaired) electrons. The van der Waals surface area contributed by atoms with Crippen molar-refractivity contribution in [3.05, 3.63) is 17.5 Å². The smallest absolute Gasteiger partial charge is 0.225 e. The highest BCUT2D eigenvalue weighted by Crippen LogP contribution is 2.01. The lowest BCUT2D eigenvalue weighted by molar-refractivity contribution is 0.390. The van der Waals surface area contributed by atoms with Gasteiger partial charge in [0.2, 0.25) is 10.0 Å². The molecule has 1 aromatic heterocycles. The zero-order valence-corrected chi connectivity index (χ0v) is 8.34. The maximum absolute atomic E-state index is 11.0. The molecular weight excluding hydrogens is 206 g/mol. The molecule has 6 nitrogen and oxygen atoms in total. The normalized spacial score (nSPS) is 11.1. The topological polar surface area (TPSA) is 96.0 Å². The Morgan fingerprint density at radius 1 is 1.71 bits per heavy atom. The molecule has 0 aromatic carbocycles. The number of nitrogens with zero attached hydrogens (tertiary/aromatic N) is 2. The predicted molar refractivity (Wildman–Crippen MR) is 47.5 cm³/mol. The molecule has 0 fully saturated rings. The second kappa shape index (κ2) is 4.21. The summed E-state index contributed by atoms with van der Waals surface area (Å²) in [5.41, 5.74) is 0.490. The largest absolute Gasteiger partial charge is 0.361 e. The van der Waals surface area contributed by atoms with Gasteiger partial charge in [-0.15, -0.1) is 0 Å². The second-order valence-corrected chi connectivity index (χ2v) is 4.47. The molecule has 14 heavy (non-hydrogen) atoms. The number of aromatic nitrogens is 1. The number of nitriles is 1. The van der Waals surface area contributed by atoms with E-state index in [0.717, 1.165) is 0 Å². The molecule has 7 heteroatoms. The van der Waals surface area contributed by atoms with Crippen molar-refractivity contribution in [1.82, 2.24) is 9.88 Å². The lowest BCUT2D eigenvalue weighted by Crippen LogP contribution is -2.25. The fourth-order valence-corrected chi connectivity index (χ4v) is 1.46. The van der Waals surface area contributed by atoms with Gasteiger partial charge in [-0.25, -0.2) is 13.1 Å². The molecule has 76 valence electrons. The molecule has 1 aromatic rings. The third-order valence-electron chi connectivity index (χ3n) is 1.40. The Hall–Kier alpha value is -1.39. The first-order chi connectivity index (χ1) is 6.53. The van der Waals surface area contributed by atoms with E-state index < -0.39 is 15.8 Å².